The second-order valence-corrected chi connectivity index (χ2v) is 8.27. The van der Waals surface area contributed by atoms with Crippen LogP contribution in [0.3, 0.4) is 0 Å². The lowest BCUT2D eigenvalue weighted by molar-refractivity contribution is 0.321. The third kappa shape index (κ3) is 4.47. The van der Waals surface area contributed by atoms with E-state index in [-0.39, 0.29) is 11.6 Å². The fraction of sp³-hybridized carbons (Fsp3) is 0.364. The molecule has 0 radical (unpaired) electrons. The van der Waals surface area contributed by atoms with Crippen LogP contribution in [0, 0.1) is 0 Å². The van der Waals surface area contributed by atoms with Crippen LogP contribution in [0.2, 0.25) is 0 Å². The molecule has 0 aliphatic heterocycles. The molecule has 1 fully saturated rings. The lowest BCUT2D eigenvalue weighted by Gasteiger charge is -2.24. The maximum absolute atomic E-state index is 13.1. The van der Waals surface area contributed by atoms with Gasteiger partial charge in [-0.1, -0.05) is 55.7 Å². The van der Waals surface area contributed by atoms with Crippen molar-refractivity contribution < 1.29 is 8.76 Å². The number of nitrogens with zero attached hydrogens (tertiary/aromatic N) is 2. The SMILES string of the molecule is O=c1c2ccccc2c(-c2cccc(CCNS(=O)[O-])c2)nn1C1CCCCC1. The molecule has 1 unspecified atom stereocenters. The fourth-order valence-corrected chi connectivity index (χ4v) is 4.41. The Hall–Kier alpha value is -2.35. The third-order valence-electron chi connectivity index (χ3n) is 5.58. The molecule has 1 N–H and O–H groups in total. The summed E-state index contributed by atoms with van der Waals surface area (Å²) < 4.78 is 25.5. The molecule has 2 aromatic carbocycles. The highest BCUT2D eigenvalue weighted by Gasteiger charge is 2.20. The first kappa shape index (κ1) is 19.9. The Labute approximate surface area is 172 Å². The van der Waals surface area contributed by atoms with Gasteiger partial charge in [0.15, 0.2) is 0 Å². The topological polar surface area (TPSA) is 87.1 Å². The summed E-state index contributed by atoms with van der Waals surface area (Å²) in [5.74, 6) is 0. The average Bonchev–Trinajstić information content (AvgIpc) is 2.75. The molecule has 0 amide bonds. The number of rotatable bonds is 6. The van der Waals surface area contributed by atoms with Crippen LogP contribution in [-0.4, -0.2) is 25.1 Å². The van der Waals surface area contributed by atoms with Crippen LogP contribution in [0.5, 0.6) is 0 Å². The van der Waals surface area contributed by atoms with Crippen LogP contribution in [-0.2, 0) is 17.7 Å². The predicted octanol–water partition coefficient (Wildman–Crippen LogP) is 3.49. The van der Waals surface area contributed by atoms with Crippen molar-refractivity contribution >= 4 is 22.0 Å². The highest BCUT2D eigenvalue weighted by atomic mass is 32.2. The highest BCUT2D eigenvalue weighted by Crippen LogP contribution is 2.30. The lowest BCUT2D eigenvalue weighted by atomic mass is 9.95. The molecule has 1 aliphatic carbocycles. The number of aromatic nitrogens is 2. The molecule has 1 aromatic heterocycles. The summed E-state index contributed by atoms with van der Waals surface area (Å²) in [5, 5.41) is 6.37. The van der Waals surface area contributed by atoms with Crippen molar-refractivity contribution in [1.82, 2.24) is 14.5 Å². The lowest BCUT2D eigenvalue weighted by Crippen LogP contribution is -2.29. The van der Waals surface area contributed by atoms with Crippen molar-refractivity contribution in [1.29, 1.82) is 0 Å². The van der Waals surface area contributed by atoms with Gasteiger partial charge in [-0.2, -0.15) is 5.10 Å². The van der Waals surface area contributed by atoms with E-state index in [1.54, 1.807) is 4.68 Å². The molecule has 3 aromatic rings. The Bertz CT molecular complexity index is 1090. The van der Waals surface area contributed by atoms with Crippen molar-refractivity contribution in [2.75, 3.05) is 6.54 Å². The average molecular weight is 411 g/mol. The number of fused-ring (bicyclic) bond motifs is 1. The van der Waals surface area contributed by atoms with Gasteiger partial charge in [0.05, 0.1) is 17.1 Å². The molecular weight excluding hydrogens is 386 g/mol. The quantitative estimate of drug-likeness (QED) is 0.630. The van der Waals surface area contributed by atoms with Crippen LogP contribution in [0.1, 0.15) is 43.7 Å². The molecule has 29 heavy (non-hydrogen) atoms. The summed E-state index contributed by atoms with van der Waals surface area (Å²) in [7, 11) is 0. The van der Waals surface area contributed by atoms with Gasteiger partial charge in [-0.3, -0.25) is 9.00 Å². The van der Waals surface area contributed by atoms with Crippen molar-refractivity contribution in [2.24, 2.45) is 0 Å². The van der Waals surface area contributed by atoms with E-state index in [0.29, 0.717) is 18.4 Å². The third-order valence-corrected chi connectivity index (χ3v) is 6.02. The minimum Gasteiger partial charge on any atom is -0.760 e. The second kappa shape index (κ2) is 8.98. The number of nitrogens with one attached hydrogen (secondary N) is 1. The molecule has 0 bridgehead atoms. The van der Waals surface area contributed by atoms with Crippen LogP contribution >= 0.6 is 0 Å². The summed E-state index contributed by atoms with van der Waals surface area (Å²) in [6, 6.07) is 15.7. The first-order valence-electron chi connectivity index (χ1n) is 10.1. The summed E-state index contributed by atoms with van der Waals surface area (Å²) in [4.78, 5) is 13.1. The van der Waals surface area contributed by atoms with Crippen molar-refractivity contribution in [2.45, 2.75) is 44.6 Å². The molecule has 4 rings (SSSR count). The van der Waals surface area contributed by atoms with Crippen LogP contribution < -0.4 is 10.3 Å². The van der Waals surface area contributed by atoms with E-state index in [4.69, 9.17) is 5.10 Å². The molecule has 1 aliphatic rings. The van der Waals surface area contributed by atoms with Gasteiger partial charge in [0.25, 0.3) is 5.56 Å². The Balaban J connectivity index is 1.78. The van der Waals surface area contributed by atoms with E-state index in [1.165, 1.54) is 6.42 Å². The largest absolute Gasteiger partial charge is 0.760 e. The molecule has 1 heterocycles. The van der Waals surface area contributed by atoms with Gasteiger partial charge in [-0.15, -0.1) is 0 Å². The summed E-state index contributed by atoms with van der Waals surface area (Å²) in [6.45, 7) is 0.343. The summed E-state index contributed by atoms with van der Waals surface area (Å²) in [6.07, 6.45) is 6.04. The van der Waals surface area contributed by atoms with Gasteiger partial charge in [-0.25, -0.2) is 9.40 Å². The van der Waals surface area contributed by atoms with Gasteiger partial charge in [0.1, 0.15) is 0 Å². The van der Waals surface area contributed by atoms with Gasteiger partial charge >= 0.3 is 0 Å². The molecule has 1 atom stereocenters. The maximum atomic E-state index is 13.1. The van der Waals surface area contributed by atoms with Crippen LogP contribution in [0.25, 0.3) is 22.0 Å². The summed E-state index contributed by atoms with van der Waals surface area (Å²) in [5.41, 5.74) is 2.73. The molecule has 152 valence electrons. The minimum absolute atomic E-state index is 0.0190. The van der Waals surface area contributed by atoms with Gasteiger partial charge in [-0.05, 0) is 37.0 Å². The fourth-order valence-electron chi connectivity index (χ4n) is 4.15. The van der Waals surface area contributed by atoms with E-state index in [2.05, 4.69) is 4.72 Å². The standard InChI is InChI=1S/C22H25N3O3S/c26-22-20-12-5-4-11-19(20)21(24-25(22)18-9-2-1-3-10-18)17-8-6-7-16(15-17)13-14-23-29(27)28/h4-8,11-12,15,18,23H,1-3,9-10,13-14H2,(H,27,28)/p-1. The Morgan fingerprint density at radius 1 is 1.07 bits per heavy atom. The number of hydrogen-bond donors (Lipinski definition) is 1. The molecule has 0 spiro atoms. The Morgan fingerprint density at radius 3 is 2.59 bits per heavy atom. The zero-order valence-electron chi connectivity index (χ0n) is 16.2. The van der Waals surface area contributed by atoms with Gasteiger partial charge < -0.3 is 4.55 Å². The van der Waals surface area contributed by atoms with Crippen LogP contribution in [0.4, 0.5) is 0 Å². The number of benzene rings is 2. The zero-order valence-corrected chi connectivity index (χ0v) is 17.0. The molecule has 1 saturated carbocycles. The van der Waals surface area contributed by atoms with E-state index in [9.17, 15) is 13.6 Å². The first-order chi connectivity index (χ1) is 14.1. The first-order valence-corrected chi connectivity index (χ1v) is 11.1. The Morgan fingerprint density at radius 2 is 1.83 bits per heavy atom. The number of hydrogen-bond acceptors (Lipinski definition) is 4. The normalized spacial score (nSPS) is 16.2. The zero-order chi connectivity index (χ0) is 20.2. The van der Waals surface area contributed by atoms with Crippen LogP contribution in [0.15, 0.2) is 53.3 Å². The maximum Gasteiger partial charge on any atom is 0.274 e. The molecule has 6 nitrogen and oxygen atoms in total. The Kier molecular flexibility index (Phi) is 6.18. The monoisotopic (exact) mass is 410 g/mol. The molecular formula is C22H24N3O3S-. The van der Waals surface area contributed by atoms with E-state index in [1.807, 2.05) is 48.5 Å². The summed E-state index contributed by atoms with van der Waals surface area (Å²) >= 11 is -2.26. The van der Waals surface area contributed by atoms with Gasteiger partial charge in [0, 0.05) is 28.8 Å². The highest BCUT2D eigenvalue weighted by molar-refractivity contribution is 7.77. The van der Waals surface area contributed by atoms with Gasteiger partial charge in [0.2, 0.25) is 0 Å². The van der Waals surface area contributed by atoms with Crippen molar-refractivity contribution in [3.63, 3.8) is 0 Å². The minimum atomic E-state index is -2.26. The predicted molar refractivity (Wildman–Crippen MR) is 114 cm³/mol. The van der Waals surface area contributed by atoms with Crippen molar-refractivity contribution in [3.05, 3.63) is 64.4 Å². The van der Waals surface area contributed by atoms with Crippen molar-refractivity contribution in [3.8, 4) is 11.3 Å². The smallest absolute Gasteiger partial charge is 0.274 e. The second-order valence-electron chi connectivity index (χ2n) is 7.52. The molecule has 0 saturated heterocycles. The molecule has 7 heteroatoms. The van der Waals surface area contributed by atoms with E-state index in [0.717, 1.165) is 47.9 Å². The van der Waals surface area contributed by atoms with E-state index < -0.39 is 11.3 Å². The van der Waals surface area contributed by atoms with E-state index >= 15 is 0 Å².